The SMILES string of the molecule is COCCOc1ccc(S(=O)(=O)Nc2ccc(Br)cc2C)cc1. The molecule has 23 heavy (non-hydrogen) atoms. The Labute approximate surface area is 144 Å². The lowest BCUT2D eigenvalue weighted by Crippen LogP contribution is -2.13. The van der Waals surface area contributed by atoms with Crippen LogP contribution in [0.15, 0.2) is 51.8 Å². The number of rotatable bonds is 7. The molecule has 0 saturated carbocycles. The average molecular weight is 400 g/mol. The second-order valence-electron chi connectivity index (χ2n) is 4.88. The number of benzene rings is 2. The van der Waals surface area contributed by atoms with E-state index < -0.39 is 10.0 Å². The van der Waals surface area contributed by atoms with E-state index in [1.165, 1.54) is 12.1 Å². The molecular weight excluding hydrogens is 382 g/mol. The largest absolute Gasteiger partial charge is 0.491 e. The maximum Gasteiger partial charge on any atom is 0.261 e. The van der Waals surface area contributed by atoms with Crippen molar-refractivity contribution in [3.63, 3.8) is 0 Å². The number of aryl methyl sites for hydroxylation is 1. The van der Waals surface area contributed by atoms with Crippen molar-refractivity contribution in [3.8, 4) is 5.75 Å². The topological polar surface area (TPSA) is 64.6 Å². The monoisotopic (exact) mass is 399 g/mol. The molecule has 0 amide bonds. The van der Waals surface area contributed by atoms with Crippen LogP contribution in [0.2, 0.25) is 0 Å². The van der Waals surface area contributed by atoms with Crippen LogP contribution in [-0.4, -0.2) is 28.7 Å². The Balaban J connectivity index is 2.13. The summed E-state index contributed by atoms with van der Waals surface area (Å²) in [7, 11) is -2.04. The highest BCUT2D eigenvalue weighted by molar-refractivity contribution is 9.10. The molecule has 1 N–H and O–H groups in total. The van der Waals surface area contributed by atoms with E-state index in [4.69, 9.17) is 9.47 Å². The van der Waals surface area contributed by atoms with Crippen molar-refractivity contribution in [1.29, 1.82) is 0 Å². The quantitative estimate of drug-likeness (QED) is 0.722. The van der Waals surface area contributed by atoms with Gasteiger partial charge in [-0.15, -0.1) is 0 Å². The third-order valence-corrected chi connectivity index (χ3v) is 5.00. The molecule has 0 heterocycles. The summed E-state index contributed by atoms with van der Waals surface area (Å²) in [6, 6.07) is 11.6. The Kier molecular flexibility index (Phi) is 6.04. The lowest BCUT2D eigenvalue weighted by Gasteiger charge is -2.11. The number of hydrogen-bond acceptors (Lipinski definition) is 4. The summed E-state index contributed by atoms with van der Waals surface area (Å²) in [5.74, 6) is 0.598. The van der Waals surface area contributed by atoms with Gasteiger partial charge in [-0.3, -0.25) is 4.72 Å². The molecule has 0 fully saturated rings. The number of sulfonamides is 1. The lowest BCUT2D eigenvalue weighted by atomic mass is 10.2. The molecule has 2 aromatic carbocycles. The van der Waals surface area contributed by atoms with Crippen LogP contribution in [0.5, 0.6) is 5.75 Å². The standard InChI is InChI=1S/C16H18BrNO4S/c1-12-11-13(17)3-8-16(12)18-23(19,20)15-6-4-14(5-7-15)22-10-9-21-2/h3-8,11,18H,9-10H2,1-2H3. The van der Waals surface area contributed by atoms with E-state index in [0.29, 0.717) is 24.7 Å². The van der Waals surface area contributed by atoms with Gasteiger partial charge in [0.2, 0.25) is 0 Å². The smallest absolute Gasteiger partial charge is 0.261 e. The summed E-state index contributed by atoms with van der Waals surface area (Å²) >= 11 is 3.35. The fraction of sp³-hybridized carbons (Fsp3) is 0.250. The van der Waals surface area contributed by atoms with Crippen LogP contribution in [-0.2, 0) is 14.8 Å². The van der Waals surface area contributed by atoms with Crippen molar-refractivity contribution in [1.82, 2.24) is 0 Å². The van der Waals surface area contributed by atoms with E-state index in [1.807, 2.05) is 13.0 Å². The summed E-state index contributed by atoms with van der Waals surface area (Å²) < 4.78 is 38.7. The van der Waals surface area contributed by atoms with Gasteiger partial charge in [-0.25, -0.2) is 8.42 Å². The molecule has 0 saturated heterocycles. The van der Waals surface area contributed by atoms with Gasteiger partial charge in [0.15, 0.2) is 0 Å². The number of halogens is 1. The number of methoxy groups -OCH3 is 1. The van der Waals surface area contributed by atoms with E-state index in [-0.39, 0.29) is 4.90 Å². The zero-order valence-corrected chi connectivity index (χ0v) is 15.3. The van der Waals surface area contributed by atoms with E-state index >= 15 is 0 Å². The molecule has 0 bridgehead atoms. The van der Waals surface area contributed by atoms with Crippen LogP contribution in [0, 0.1) is 6.92 Å². The van der Waals surface area contributed by atoms with Gasteiger partial charge in [-0.1, -0.05) is 15.9 Å². The average Bonchev–Trinajstić information content (AvgIpc) is 2.51. The van der Waals surface area contributed by atoms with Gasteiger partial charge in [0.25, 0.3) is 10.0 Å². The van der Waals surface area contributed by atoms with Crippen molar-refractivity contribution in [3.05, 3.63) is 52.5 Å². The minimum atomic E-state index is -3.64. The summed E-state index contributed by atoms with van der Waals surface area (Å²) in [5, 5.41) is 0. The minimum Gasteiger partial charge on any atom is -0.491 e. The van der Waals surface area contributed by atoms with E-state index in [0.717, 1.165) is 10.0 Å². The summed E-state index contributed by atoms with van der Waals surface area (Å²) in [5.41, 5.74) is 1.39. The molecule has 5 nitrogen and oxygen atoms in total. The first-order valence-electron chi connectivity index (χ1n) is 6.93. The van der Waals surface area contributed by atoms with Gasteiger partial charge < -0.3 is 9.47 Å². The second kappa shape index (κ2) is 7.81. The maximum atomic E-state index is 12.4. The fourth-order valence-corrected chi connectivity index (χ4v) is 3.51. The van der Waals surface area contributed by atoms with Crippen LogP contribution in [0.25, 0.3) is 0 Å². The van der Waals surface area contributed by atoms with Crippen LogP contribution < -0.4 is 9.46 Å². The molecule has 124 valence electrons. The van der Waals surface area contributed by atoms with Crippen LogP contribution in [0.1, 0.15) is 5.56 Å². The molecule has 0 spiro atoms. The predicted octanol–water partition coefficient (Wildman–Crippen LogP) is 3.58. The highest BCUT2D eigenvalue weighted by Gasteiger charge is 2.15. The molecular formula is C16H18BrNO4S. The van der Waals surface area contributed by atoms with Gasteiger partial charge in [0.1, 0.15) is 12.4 Å². The van der Waals surface area contributed by atoms with Gasteiger partial charge in [0.05, 0.1) is 17.2 Å². The summed E-state index contributed by atoms with van der Waals surface area (Å²) in [6.45, 7) is 2.73. The Hall–Kier alpha value is -1.57. The highest BCUT2D eigenvalue weighted by Crippen LogP contribution is 2.24. The van der Waals surface area contributed by atoms with Gasteiger partial charge in [-0.2, -0.15) is 0 Å². The van der Waals surface area contributed by atoms with Crippen LogP contribution in [0.3, 0.4) is 0 Å². The Morgan fingerprint density at radius 1 is 1.09 bits per heavy atom. The molecule has 0 aliphatic carbocycles. The minimum absolute atomic E-state index is 0.180. The molecule has 0 aromatic heterocycles. The van der Waals surface area contributed by atoms with Crippen molar-refractivity contribution < 1.29 is 17.9 Å². The summed E-state index contributed by atoms with van der Waals surface area (Å²) in [4.78, 5) is 0.180. The number of hydrogen-bond donors (Lipinski definition) is 1. The van der Waals surface area contributed by atoms with Gasteiger partial charge in [0, 0.05) is 11.6 Å². The zero-order valence-electron chi connectivity index (χ0n) is 12.9. The van der Waals surface area contributed by atoms with Crippen molar-refractivity contribution in [2.24, 2.45) is 0 Å². The zero-order chi connectivity index (χ0) is 16.9. The molecule has 2 rings (SSSR count). The number of anilines is 1. The van der Waals surface area contributed by atoms with Crippen LogP contribution >= 0.6 is 15.9 Å². The van der Waals surface area contributed by atoms with Gasteiger partial charge >= 0.3 is 0 Å². The lowest BCUT2D eigenvalue weighted by molar-refractivity contribution is 0.146. The molecule has 0 aliphatic heterocycles. The van der Waals surface area contributed by atoms with Crippen molar-refractivity contribution in [2.45, 2.75) is 11.8 Å². The Morgan fingerprint density at radius 2 is 1.78 bits per heavy atom. The third kappa shape index (κ3) is 4.95. The highest BCUT2D eigenvalue weighted by atomic mass is 79.9. The van der Waals surface area contributed by atoms with Crippen molar-refractivity contribution in [2.75, 3.05) is 25.0 Å². The van der Waals surface area contributed by atoms with Crippen molar-refractivity contribution >= 4 is 31.6 Å². The van der Waals surface area contributed by atoms with E-state index in [9.17, 15) is 8.42 Å². The van der Waals surface area contributed by atoms with Gasteiger partial charge in [-0.05, 0) is 55.0 Å². The number of nitrogens with one attached hydrogen (secondary N) is 1. The Bertz CT molecular complexity index is 760. The normalized spacial score (nSPS) is 11.3. The van der Waals surface area contributed by atoms with E-state index in [1.54, 1.807) is 31.4 Å². The second-order valence-corrected chi connectivity index (χ2v) is 7.48. The predicted molar refractivity (Wildman–Crippen MR) is 93.5 cm³/mol. The molecule has 0 aliphatic rings. The first-order valence-corrected chi connectivity index (χ1v) is 9.21. The molecule has 0 radical (unpaired) electrons. The van der Waals surface area contributed by atoms with E-state index in [2.05, 4.69) is 20.7 Å². The molecule has 2 aromatic rings. The maximum absolute atomic E-state index is 12.4. The molecule has 0 unspecified atom stereocenters. The summed E-state index contributed by atoms with van der Waals surface area (Å²) in [6.07, 6.45) is 0. The third-order valence-electron chi connectivity index (χ3n) is 3.12. The Morgan fingerprint density at radius 3 is 2.39 bits per heavy atom. The fourth-order valence-electron chi connectivity index (χ4n) is 1.90. The molecule has 7 heteroatoms. The first-order chi connectivity index (χ1) is 10.9. The first kappa shape index (κ1) is 17.8. The molecule has 0 atom stereocenters. The van der Waals surface area contributed by atoms with Crippen LogP contribution in [0.4, 0.5) is 5.69 Å². The number of ether oxygens (including phenoxy) is 2.